The topological polar surface area (TPSA) is 115 Å². The van der Waals surface area contributed by atoms with E-state index in [2.05, 4.69) is 35.7 Å². The summed E-state index contributed by atoms with van der Waals surface area (Å²) < 4.78 is 38.8. The van der Waals surface area contributed by atoms with Gasteiger partial charge in [-0.15, -0.1) is 0 Å². The third kappa shape index (κ3) is 7.34. The Morgan fingerprint density at radius 3 is 2.14 bits per heavy atom. The zero-order chi connectivity index (χ0) is 31.3. The highest BCUT2D eigenvalue weighted by Crippen LogP contribution is 2.29. The zero-order valence-corrected chi connectivity index (χ0v) is 26.0. The van der Waals surface area contributed by atoms with Crippen molar-refractivity contribution in [1.29, 1.82) is 0 Å². The molecular formula is C34H36N2O6S. The van der Waals surface area contributed by atoms with Crippen molar-refractivity contribution in [2.75, 3.05) is 12.4 Å². The second kappa shape index (κ2) is 13.3. The van der Waals surface area contributed by atoms with Gasteiger partial charge < -0.3 is 14.5 Å². The Labute approximate surface area is 252 Å². The van der Waals surface area contributed by atoms with Gasteiger partial charge in [-0.2, -0.15) is 4.72 Å². The summed E-state index contributed by atoms with van der Waals surface area (Å²) in [5.74, 6) is 5.83. The predicted octanol–water partition coefficient (Wildman–Crippen LogP) is 6.53. The molecule has 0 aliphatic carbocycles. The number of aryl methyl sites for hydroxylation is 1. The number of hydrogen-bond donors (Lipinski definition) is 2. The van der Waals surface area contributed by atoms with Crippen LogP contribution >= 0.6 is 0 Å². The van der Waals surface area contributed by atoms with Crippen molar-refractivity contribution in [3.63, 3.8) is 0 Å². The highest BCUT2D eigenvalue weighted by molar-refractivity contribution is 7.89. The summed E-state index contributed by atoms with van der Waals surface area (Å²) in [6, 6.07) is 18.2. The van der Waals surface area contributed by atoms with Crippen molar-refractivity contribution in [2.24, 2.45) is 11.8 Å². The van der Waals surface area contributed by atoms with Gasteiger partial charge in [-0.05, 0) is 66.3 Å². The first-order valence-corrected chi connectivity index (χ1v) is 15.5. The molecule has 0 saturated heterocycles. The molecule has 0 aliphatic heterocycles. The van der Waals surface area contributed by atoms with Crippen molar-refractivity contribution in [1.82, 2.24) is 4.72 Å². The van der Waals surface area contributed by atoms with Crippen molar-refractivity contribution in [2.45, 2.75) is 52.0 Å². The van der Waals surface area contributed by atoms with Crippen LogP contribution < -0.4 is 10.0 Å². The zero-order valence-electron chi connectivity index (χ0n) is 25.1. The lowest BCUT2D eigenvalue weighted by Crippen LogP contribution is -2.44. The Bertz CT molecular complexity index is 1790. The summed E-state index contributed by atoms with van der Waals surface area (Å²) in [7, 11) is -2.72. The number of methoxy groups -OCH3 is 1. The molecule has 43 heavy (non-hydrogen) atoms. The monoisotopic (exact) mass is 600 g/mol. The molecule has 1 heterocycles. The number of furan rings is 1. The number of nitrogens with one attached hydrogen (secondary N) is 2. The van der Waals surface area contributed by atoms with Gasteiger partial charge in [0.05, 0.1) is 12.0 Å². The maximum atomic E-state index is 13.2. The predicted molar refractivity (Wildman–Crippen MR) is 168 cm³/mol. The van der Waals surface area contributed by atoms with Gasteiger partial charge >= 0.3 is 5.97 Å². The standard InChI is InChI=1S/C34H36N2O6S/c1-21(2)9-7-10-26-11-8-12-29-30(26)23(5)32(42-29)33(37)35-27-17-13-24(14-18-27)25-15-19-28(20-16-25)43(39,40)36-31(22(3)4)34(38)41-6/h8,11-22,31,36H,9H2,1-6H3,(H,35,37). The van der Waals surface area contributed by atoms with Gasteiger partial charge in [0.2, 0.25) is 10.0 Å². The number of carbonyl (C=O) groups excluding carboxylic acids is 2. The van der Waals surface area contributed by atoms with Crippen LogP contribution in [0, 0.1) is 30.6 Å². The van der Waals surface area contributed by atoms with Crippen molar-refractivity contribution in [3.05, 3.63) is 83.6 Å². The minimum atomic E-state index is -3.94. The van der Waals surface area contributed by atoms with Gasteiger partial charge in [0.1, 0.15) is 11.6 Å². The lowest BCUT2D eigenvalue weighted by molar-refractivity contribution is -0.143. The number of sulfonamides is 1. The minimum absolute atomic E-state index is 0.0324. The number of carbonyl (C=O) groups is 2. The van der Waals surface area contributed by atoms with Gasteiger partial charge in [-0.1, -0.05) is 69.9 Å². The molecule has 2 N–H and O–H groups in total. The van der Waals surface area contributed by atoms with E-state index in [9.17, 15) is 18.0 Å². The quantitative estimate of drug-likeness (QED) is 0.167. The molecule has 9 heteroatoms. The van der Waals surface area contributed by atoms with E-state index >= 15 is 0 Å². The Kier molecular flexibility index (Phi) is 9.74. The summed E-state index contributed by atoms with van der Waals surface area (Å²) in [6.45, 7) is 9.56. The second-order valence-corrected chi connectivity index (χ2v) is 12.8. The Morgan fingerprint density at radius 2 is 1.56 bits per heavy atom. The van der Waals surface area contributed by atoms with Crippen LogP contribution in [0.3, 0.4) is 0 Å². The van der Waals surface area contributed by atoms with E-state index in [4.69, 9.17) is 9.15 Å². The Balaban J connectivity index is 1.48. The molecule has 1 atom stereocenters. The molecule has 4 rings (SSSR count). The number of esters is 1. The van der Waals surface area contributed by atoms with E-state index in [0.717, 1.165) is 34.1 Å². The number of ether oxygens (including phenoxy) is 1. The number of amides is 1. The maximum Gasteiger partial charge on any atom is 0.324 e. The van der Waals surface area contributed by atoms with Crippen LogP contribution in [0.25, 0.3) is 22.1 Å². The van der Waals surface area contributed by atoms with Gasteiger partial charge in [0.15, 0.2) is 5.76 Å². The highest BCUT2D eigenvalue weighted by Gasteiger charge is 2.29. The molecule has 1 aromatic heterocycles. The smallest absolute Gasteiger partial charge is 0.324 e. The van der Waals surface area contributed by atoms with Crippen LogP contribution in [-0.2, 0) is 19.6 Å². The van der Waals surface area contributed by atoms with Crippen LogP contribution in [0.2, 0.25) is 0 Å². The summed E-state index contributed by atoms with van der Waals surface area (Å²) >= 11 is 0. The third-order valence-electron chi connectivity index (χ3n) is 6.94. The lowest BCUT2D eigenvalue weighted by atomic mass is 10.0. The molecule has 8 nitrogen and oxygen atoms in total. The number of hydrogen-bond acceptors (Lipinski definition) is 6. The number of rotatable bonds is 9. The number of benzene rings is 3. The van der Waals surface area contributed by atoms with Crippen molar-refractivity contribution < 1.29 is 27.2 Å². The normalized spacial score (nSPS) is 12.2. The number of fused-ring (bicyclic) bond motifs is 1. The van der Waals surface area contributed by atoms with E-state index in [1.807, 2.05) is 37.3 Å². The summed E-state index contributed by atoms with van der Waals surface area (Å²) in [5, 5.41) is 3.73. The van der Waals surface area contributed by atoms with E-state index in [1.54, 1.807) is 38.1 Å². The molecule has 0 bridgehead atoms. The summed E-state index contributed by atoms with van der Waals surface area (Å²) in [4.78, 5) is 25.2. The summed E-state index contributed by atoms with van der Waals surface area (Å²) in [6.07, 6.45) is 0.785. The van der Waals surface area contributed by atoms with Gasteiger partial charge in [0, 0.05) is 28.6 Å². The van der Waals surface area contributed by atoms with Crippen molar-refractivity contribution >= 4 is 38.6 Å². The highest BCUT2D eigenvalue weighted by atomic mass is 32.2. The fourth-order valence-corrected chi connectivity index (χ4v) is 5.89. The average molecular weight is 601 g/mol. The Morgan fingerprint density at radius 1 is 0.930 bits per heavy atom. The SMILES string of the molecule is COC(=O)C(NS(=O)(=O)c1ccc(-c2ccc(NC(=O)c3oc4cccc(C#CCC(C)C)c4c3C)cc2)cc1)C(C)C. The van der Waals surface area contributed by atoms with Gasteiger partial charge in [-0.25, -0.2) is 8.42 Å². The minimum Gasteiger partial charge on any atom is -0.468 e. The largest absolute Gasteiger partial charge is 0.468 e. The Hall–Kier alpha value is -4.39. The first-order valence-electron chi connectivity index (χ1n) is 14.0. The molecule has 1 unspecified atom stereocenters. The molecule has 3 aromatic carbocycles. The molecule has 1 amide bonds. The van der Waals surface area contributed by atoms with E-state index < -0.39 is 22.0 Å². The first-order chi connectivity index (χ1) is 20.4. The molecule has 4 aromatic rings. The van der Waals surface area contributed by atoms with Crippen LogP contribution in [0.15, 0.2) is 76.0 Å². The molecule has 0 aliphatic rings. The second-order valence-electron chi connectivity index (χ2n) is 11.1. The molecule has 0 fully saturated rings. The van der Waals surface area contributed by atoms with Crippen LogP contribution in [0.4, 0.5) is 5.69 Å². The fourth-order valence-electron chi connectivity index (χ4n) is 4.55. The molecule has 0 radical (unpaired) electrons. The van der Waals surface area contributed by atoms with Crippen LogP contribution in [0.1, 0.15) is 55.8 Å². The average Bonchev–Trinajstić information content (AvgIpc) is 3.33. The molecule has 0 saturated carbocycles. The molecule has 224 valence electrons. The van der Waals surface area contributed by atoms with Crippen LogP contribution in [-0.4, -0.2) is 33.4 Å². The molecular weight excluding hydrogens is 564 g/mol. The van der Waals surface area contributed by atoms with E-state index in [1.165, 1.54) is 19.2 Å². The van der Waals surface area contributed by atoms with Crippen molar-refractivity contribution in [3.8, 4) is 23.0 Å². The summed E-state index contributed by atoms with van der Waals surface area (Å²) in [5.41, 5.74) is 4.37. The third-order valence-corrected chi connectivity index (χ3v) is 8.40. The number of anilines is 1. The fraction of sp³-hybridized carbons (Fsp3) is 0.294. The lowest BCUT2D eigenvalue weighted by Gasteiger charge is -2.19. The van der Waals surface area contributed by atoms with Gasteiger partial charge in [-0.3, -0.25) is 9.59 Å². The maximum absolute atomic E-state index is 13.2. The first kappa shape index (κ1) is 31.5. The van der Waals surface area contributed by atoms with E-state index in [-0.39, 0.29) is 22.5 Å². The van der Waals surface area contributed by atoms with Crippen LogP contribution in [0.5, 0.6) is 0 Å². The molecule has 0 spiro atoms. The van der Waals surface area contributed by atoms with E-state index in [0.29, 0.717) is 17.2 Å². The van der Waals surface area contributed by atoms with Gasteiger partial charge in [0.25, 0.3) is 5.91 Å².